The van der Waals surface area contributed by atoms with Gasteiger partial charge in [-0.2, -0.15) is 0 Å². The van der Waals surface area contributed by atoms with E-state index < -0.39 is 17.5 Å². The molecule has 0 radical (unpaired) electrons. The van der Waals surface area contributed by atoms with Gasteiger partial charge in [-0.3, -0.25) is 9.36 Å². The first-order valence-electron chi connectivity index (χ1n) is 9.11. The molecule has 0 aliphatic carbocycles. The van der Waals surface area contributed by atoms with E-state index in [1.54, 1.807) is 10.6 Å². The van der Waals surface area contributed by atoms with Gasteiger partial charge in [0.25, 0.3) is 5.91 Å². The van der Waals surface area contributed by atoms with Gasteiger partial charge in [-0.05, 0) is 53.1 Å². The first-order valence-corrected chi connectivity index (χ1v) is 9.49. The number of nitrogens with one attached hydrogen (secondary N) is 1. The Hall–Kier alpha value is -3.51. The molecule has 0 aliphatic rings. The lowest BCUT2D eigenvalue weighted by Gasteiger charge is -2.11. The molecule has 4 aromatic rings. The van der Waals surface area contributed by atoms with E-state index in [0.717, 1.165) is 22.9 Å². The second-order valence-corrected chi connectivity index (χ2v) is 7.11. The highest BCUT2D eigenvalue weighted by Crippen LogP contribution is 2.25. The fraction of sp³-hybridized carbons (Fsp3) is 0.0435. The molecule has 0 saturated carbocycles. The molecular weight excluding hydrogens is 408 g/mol. The van der Waals surface area contributed by atoms with Crippen molar-refractivity contribution in [3.05, 3.63) is 107 Å². The Morgan fingerprint density at radius 1 is 0.967 bits per heavy atom. The van der Waals surface area contributed by atoms with Crippen molar-refractivity contribution in [1.82, 2.24) is 14.9 Å². The fourth-order valence-electron chi connectivity index (χ4n) is 3.16. The van der Waals surface area contributed by atoms with E-state index in [9.17, 15) is 13.6 Å². The fourth-order valence-corrected chi connectivity index (χ4v) is 3.35. The minimum atomic E-state index is -0.692. The first-order chi connectivity index (χ1) is 14.5. The number of rotatable bonds is 5. The molecule has 30 heavy (non-hydrogen) atoms. The number of amides is 1. The van der Waals surface area contributed by atoms with E-state index in [2.05, 4.69) is 10.3 Å². The van der Waals surface area contributed by atoms with Crippen molar-refractivity contribution in [2.45, 2.75) is 6.54 Å². The van der Waals surface area contributed by atoms with Crippen LogP contribution in [0.25, 0.3) is 16.8 Å². The van der Waals surface area contributed by atoms with Crippen LogP contribution in [-0.2, 0) is 6.54 Å². The second-order valence-electron chi connectivity index (χ2n) is 6.67. The number of carbonyl (C=O) groups excluding carboxylic acids is 1. The molecule has 7 heteroatoms. The summed E-state index contributed by atoms with van der Waals surface area (Å²) in [7, 11) is 0. The zero-order chi connectivity index (χ0) is 21.1. The summed E-state index contributed by atoms with van der Waals surface area (Å²) in [5.41, 5.74) is 3.26. The maximum Gasteiger partial charge on any atom is 0.270 e. The number of hydrogen-bond acceptors (Lipinski definition) is 2. The lowest BCUT2D eigenvalue weighted by atomic mass is 10.1. The van der Waals surface area contributed by atoms with Crippen LogP contribution in [0.15, 0.2) is 79.3 Å². The van der Waals surface area contributed by atoms with Gasteiger partial charge in [-0.1, -0.05) is 35.9 Å². The third-order valence-electron chi connectivity index (χ3n) is 4.53. The number of nitrogens with zero attached hydrogens (tertiary/aromatic N) is 2. The summed E-state index contributed by atoms with van der Waals surface area (Å²) >= 11 is 6.09. The molecule has 0 fully saturated rings. The van der Waals surface area contributed by atoms with E-state index in [0.29, 0.717) is 16.3 Å². The van der Waals surface area contributed by atoms with Crippen LogP contribution in [0.3, 0.4) is 0 Å². The molecule has 4 rings (SSSR count). The van der Waals surface area contributed by atoms with Crippen molar-refractivity contribution in [3.8, 4) is 16.8 Å². The maximum atomic E-state index is 13.3. The summed E-state index contributed by atoms with van der Waals surface area (Å²) in [5.74, 6) is -1.80. The molecule has 1 aromatic heterocycles. The lowest BCUT2D eigenvalue weighted by molar-refractivity contribution is 0.0944. The van der Waals surface area contributed by atoms with Gasteiger partial charge in [0.15, 0.2) is 0 Å². The summed E-state index contributed by atoms with van der Waals surface area (Å²) in [5, 5.41) is 3.30. The topological polar surface area (TPSA) is 46.9 Å². The molecule has 3 aromatic carbocycles. The van der Waals surface area contributed by atoms with Gasteiger partial charge in [0, 0.05) is 23.3 Å². The van der Waals surface area contributed by atoms with Gasteiger partial charge in [-0.25, -0.2) is 13.8 Å². The molecule has 0 spiro atoms. The Kier molecular flexibility index (Phi) is 5.59. The number of imidazole rings is 1. The second kappa shape index (κ2) is 8.47. The minimum absolute atomic E-state index is 0.0127. The SMILES string of the molecule is O=C(NCc1cc(F)cc(F)c1)c1cncn1-c1cccc(-c2cccc(Cl)c2)c1. The normalized spacial score (nSPS) is 10.8. The standard InChI is InChI=1S/C23H16ClF2N3O/c24-18-5-1-3-16(9-18)17-4-2-6-21(10-17)29-14-27-13-22(29)23(30)28-12-15-7-19(25)11-20(26)8-15/h1-11,13-14H,12H2,(H,28,30). The Bertz CT molecular complexity index is 1200. The molecule has 0 aliphatic heterocycles. The molecule has 4 nitrogen and oxygen atoms in total. The minimum Gasteiger partial charge on any atom is -0.347 e. The number of carbonyl (C=O) groups is 1. The average Bonchev–Trinajstić information content (AvgIpc) is 3.21. The number of hydrogen-bond donors (Lipinski definition) is 1. The monoisotopic (exact) mass is 423 g/mol. The molecule has 0 bridgehead atoms. The largest absolute Gasteiger partial charge is 0.347 e. The Balaban J connectivity index is 1.57. The number of aromatic nitrogens is 2. The zero-order valence-corrected chi connectivity index (χ0v) is 16.4. The molecule has 0 saturated heterocycles. The van der Waals surface area contributed by atoms with Crippen molar-refractivity contribution in [3.63, 3.8) is 0 Å². The average molecular weight is 424 g/mol. The van der Waals surface area contributed by atoms with Crippen LogP contribution in [0.5, 0.6) is 0 Å². The molecule has 150 valence electrons. The molecule has 0 atom stereocenters. The van der Waals surface area contributed by atoms with Crippen molar-refractivity contribution < 1.29 is 13.6 Å². The van der Waals surface area contributed by atoms with Crippen LogP contribution < -0.4 is 5.32 Å². The maximum absolute atomic E-state index is 13.3. The third kappa shape index (κ3) is 4.39. The van der Waals surface area contributed by atoms with E-state index >= 15 is 0 Å². The first kappa shape index (κ1) is 19.8. The summed E-state index contributed by atoms with van der Waals surface area (Å²) < 4.78 is 28.3. The smallest absolute Gasteiger partial charge is 0.270 e. The lowest BCUT2D eigenvalue weighted by Crippen LogP contribution is -2.25. The Morgan fingerprint density at radius 2 is 1.67 bits per heavy atom. The van der Waals surface area contributed by atoms with Crippen molar-refractivity contribution in [1.29, 1.82) is 0 Å². The highest BCUT2D eigenvalue weighted by molar-refractivity contribution is 6.30. The van der Waals surface area contributed by atoms with Crippen molar-refractivity contribution >= 4 is 17.5 Å². The van der Waals surface area contributed by atoms with E-state index in [1.165, 1.54) is 24.7 Å². The Labute approximate surface area is 176 Å². The van der Waals surface area contributed by atoms with Crippen LogP contribution in [-0.4, -0.2) is 15.5 Å². The van der Waals surface area contributed by atoms with Gasteiger partial charge in [0.1, 0.15) is 17.3 Å². The summed E-state index contributed by atoms with van der Waals surface area (Å²) in [4.78, 5) is 16.7. The van der Waals surface area contributed by atoms with E-state index in [4.69, 9.17) is 11.6 Å². The van der Waals surface area contributed by atoms with Gasteiger partial charge < -0.3 is 5.32 Å². The van der Waals surface area contributed by atoms with Crippen LogP contribution in [0, 0.1) is 11.6 Å². The van der Waals surface area contributed by atoms with Crippen LogP contribution in [0.1, 0.15) is 16.1 Å². The summed E-state index contributed by atoms with van der Waals surface area (Å²) in [6.45, 7) is -0.0127. The van der Waals surface area contributed by atoms with Gasteiger partial charge in [0.2, 0.25) is 0 Å². The molecule has 1 heterocycles. The summed E-state index contributed by atoms with van der Waals surface area (Å²) in [6, 6.07) is 18.2. The molecule has 0 unspecified atom stereocenters. The van der Waals surface area contributed by atoms with E-state index in [1.807, 2.05) is 42.5 Å². The van der Waals surface area contributed by atoms with Gasteiger partial charge in [0.05, 0.1) is 12.5 Å². The number of benzene rings is 3. The number of halogens is 3. The predicted molar refractivity (Wildman–Crippen MR) is 112 cm³/mol. The predicted octanol–water partition coefficient (Wildman–Crippen LogP) is 5.40. The van der Waals surface area contributed by atoms with Gasteiger partial charge in [-0.15, -0.1) is 0 Å². The zero-order valence-electron chi connectivity index (χ0n) is 15.6. The van der Waals surface area contributed by atoms with Gasteiger partial charge >= 0.3 is 0 Å². The molecular formula is C23H16ClF2N3O. The van der Waals surface area contributed by atoms with Crippen LogP contribution in [0.4, 0.5) is 8.78 Å². The highest BCUT2D eigenvalue weighted by Gasteiger charge is 2.14. The van der Waals surface area contributed by atoms with E-state index in [-0.39, 0.29) is 6.54 Å². The quantitative estimate of drug-likeness (QED) is 0.467. The third-order valence-corrected chi connectivity index (χ3v) is 4.76. The van der Waals surface area contributed by atoms with Crippen LogP contribution >= 0.6 is 11.6 Å². The molecule has 1 N–H and O–H groups in total. The summed E-state index contributed by atoms with van der Waals surface area (Å²) in [6.07, 6.45) is 2.97. The van der Waals surface area contributed by atoms with Crippen molar-refractivity contribution in [2.24, 2.45) is 0 Å². The van der Waals surface area contributed by atoms with Crippen LogP contribution in [0.2, 0.25) is 5.02 Å². The molecule has 1 amide bonds. The highest BCUT2D eigenvalue weighted by atomic mass is 35.5. The Morgan fingerprint density at radius 3 is 2.40 bits per heavy atom. The van der Waals surface area contributed by atoms with Crippen molar-refractivity contribution in [2.75, 3.05) is 0 Å².